The van der Waals surface area contributed by atoms with Crippen molar-refractivity contribution in [1.29, 1.82) is 0 Å². The summed E-state index contributed by atoms with van der Waals surface area (Å²) in [5.41, 5.74) is 7.10. The van der Waals surface area contributed by atoms with E-state index in [1.54, 1.807) is 12.1 Å². The minimum Gasteiger partial charge on any atom is -0.488 e. The first-order chi connectivity index (χ1) is 12.3. The van der Waals surface area contributed by atoms with Gasteiger partial charge in [-0.3, -0.25) is 0 Å². The Morgan fingerprint density at radius 2 is 1.76 bits per heavy atom. The number of epoxide rings is 1. The fraction of sp³-hybridized carbons (Fsp3) is 0.182. The molecule has 0 spiro atoms. The molecule has 5 rings (SSSR count). The lowest BCUT2D eigenvalue weighted by Crippen LogP contribution is -2.05. The van der Waals surface area contributed by atoms with Crippen LogP contribution in [-0.4, -0.2) is 19.3 Å². The van der Waals surface area contributed by atoms with Gasteiger partial charge in [0.15, 0.2) is 11.6 Å². The molecule has 1 atom stereocenters. The van der Waals surface area contributed by atoms with Gasteiger partial charge < -0.3 is 9.47 Å². The second kappa shape index (κ2) is 5.71. The van der Waals surface area contributed by atoms with Crippen molar-refractivity contribution in [3.05, 3.63) is 77.6 Å². The fourth-order valence-electron chi connectivity index (χ4n) is 3.56. The zero-order valence-corrected chi connectivity index (χ0v) is 13.7. The van der Waals surface area contributed by atoms with Gasteiger partial charge in [0.25, 0.3) is 0 Å². The highest BCUT2D eigenvalue weighted by atomic mass is 19.1. The highest BCUT2D eigenvalue weighted by Gasteiger charge is 2.24. The number of benzene rings is 3. The summed E-state index contributed by atoms with van der Waals surface area (Å²) < 4.78 is 25.0. The van der Waals surface area contributed by atoms with Gasteiger partial charge in [-0.2, -0.15) is 0 Å². The Morgan fingerprint density at radius 1 is 0.960 bits per heavy atom. The van der Waals surface area contributed by atoms with Gasteiger partial charge in [-0.25, -0.2) is 4.39 Å². The van der Waals surface area contributed by atoms with E-state index >= 15 is 0 Å². The minimum atomic E-state index is -0.328. The normalized spacial score (nSPS) is 17.1. The van der Waals surface area contributed by atoms with E-state index in [-0.39, 0.29) is 17.7 Å². The highest BCUT2D eigenvalue weighted by Crippen LogP contribution is 2.41. The van der Waals surface area contributed by atoms with Crippen molar-refractivity contribution in [3.8, 4) is 28.0 Å². The van der Waals surface area contributed by atoms with Crippen LogP contribution in [0.2, 0.25) is 0 Å². The third-order valence-corrected chi connectivity index (χ3v) is 4.92. The smallest absolute Gasteiger partial charge is 0.165 e. The van der Waals surface area contributed by atoms with Crippen molar-refractivity contribution in [3.63, 3.8) is 0 Å². The second-order valence-electron chi connectivity index (χ2n) is 6.58. The van der Waals surface area contributed by atoms with Crippen LogP contribution in [0.3, 0.4) is 0 Å². The molecule has 0 bridgehead atoms. The lowest BCUT2D eigenvalue weighted by molar-refractivity contribution is 0.254. The standard InChI is InChI=1S/C22H17FO2/c23-21-11-15(8-9-22(21)25-13-16-12-24-16)18-6-3-7-19-17-5-2-1-4-14(17)10-20(18)19/h1-9,11,16H,10,12-13H2. The first kappa shape index (κ1) is 14.7. The first-order valence-corrected chi connectivity index (χ1v) is 8.54. The Balaban J connectivity index is 1.51. The van der Waals surface area contributed by atoms with E-state index < -0.39 is 0 Å². The molecule has 1 aliphatic carbocycles. The number of ether oxygens (including phenoxy) is 2. The summed E-state index contributed by atoms with van der Waals surface area (Å²) in [4.78, 5) is 0. The molecule has 124 valence electrons. The molecule has 2 nitrogen and oxygen atoms in total. The van der Waals surface area contributed by atoms with Gasteiger partial charge in [0.2, 0.25) is 0 Å². The van der Waals surface area contributed by atoms with Crippen molar-refractivity contribution in [2.45, 2.75) is 12.5 Å². The van der Waals surface area contributed by atoms with Gasteiger partial charge in [0, 0.05) is 0 Å². The molecule has 1 heterocycles. The second-order valence-corrected chi connectivity index (χ2v) is 6.58. The lowest BCUT2D eigenvalue weighted by atomic mass is 9.95. The summed E-state index contributed by atoms with van der Waals surface area (Å²) in [5.74, 6) is -0.0404. The average Bonchev–Trinajstić information content (AvgIpc) is 3.39. The molecule has 3 heteroatoms. The van der Waals surface area contributed by atoms with E-state index in [1.165, 1.54) is 22.3 Å². The third-order valence-electron chi connectivity index (χ3n) is 4.92. The van der Waals surface area contributed by atoms with Crippen molar-refractivity contribution < 1.29 is 13.9 Å². The molecule has 25 heavy (non-hydrogen) atoms. The molecule has 1 fully saturated rings. The monoisotopic (exact) mass is 332 g/mol. The summed E-state index contributed by atoms with van der Waals surface area (Å²) in [5, 5.41) is 0. The van der Waals surface area contributed by atoms with Gasteiger partial charge >= 0.3 is 0 Å². The molecule has 0 saturated carbocycles. The molecule has 1 aliphatic heterocycles. The number of hydrogen-bond donors (Lipinski definition) is 0. The van der Waals surface area contributed by atoms with Crippen molar-refractivity contribution >= 4 is 0 Å². The molecular weight excluding hydrogens is 315 g/mol. The van der Waals surface area contributed by atoms with Crippen LogP contribution in [0.4, 0.5) is 4.39 Å². The Hall–Kier alpha value is -2.65. The van der Waals surface area contributed by atoms with Crippen LogP contribution in [0, 0.1) is 5.82 Å². The molecule has 0 aromatic heterocycles. The summed E-state index contributed by atoms with van der Waals surface area (Å²) in [6.45, 7) is 1.11. The fourth-order valence-corrected chi connectivity index (χ4v) is 3.56. The van der Waals surface area contributed by atoms with E-state index in [1.807, 2.05) is 12.1 Å². The van der Waals surface area contributed by atoms with Crippen LogP contribution >= 0.6 is 0 Å². The topological polar surface area (TPSA) is 21.8 Å². The van der Waals surface area contributed by atoms with Gasteiger partial charge in [-0.15, -0.1) is 0 Å². The highest BCUT2D eigenvalue weighted by molar-refractivity contribution is 5.84. The van der Waals surface area contributed by atoms with Crippen LogP contribution in [0.1, 0.15) is 11.1 Å². The zero-order chi connectivity index (χ0) is 16.8. The minimum absolute atomic E-state index is 0.120. The SMILES string of the molecule is Fc1cc(-c2cccc3c2Cc2ccccc2-3)ccc1OCC1CO1. The maximum Gasteiger partial charge on any atom is 0.165 e. The van der Waals surface area contributed by atoms with E-state index in [4.69, 9.17) is 9.47 Å². The van der Waals surface area contributed by atoms with E-state index in [9.17, 15) is 4.39 Å². The van der Waals surface area contributed by atoms with E-state index in [0.29, 0.717) is 13.2 Å². The summed E-state index contributed by atoms with van der Waals surface area (Å²) >= 11 is 0. The third kappa shape index (κ3) is 2.61. The molecule has 3 aromatic carbocycles. The van der Waals surface area contributed by atoms with Crippen LogP contribution in [0.25, 0.3) is 22.3 Å². The predicted octanol–water partition coefficient (Wildman–Crippen LogP) is 4.84. The molecule has 0 radical (unpaired) electrons. The average molecular weight is 332 g/mol. The molecule has 0 N–H and O–H groups in total. The van der Waals surface area contributed by atoms with Crippen LogP contribution in [0.15, 0.2) is 60.7 Å². The van der Waals surface area contributed by atoms with Crippen molar-refractivity contribution in [2.24, 2.45) is 0 Å². The van der Waals surface area contributed by atoms with E-state index in [2.05, 4.69) is 36.4 Å². The maximum absolute atomic E-state index is 14.5. The first-order valence-electron chi connectivity index (χ1n) is 8.54. The Kier molecular flexibility index (Phi) is 3.35. The lowest BCUT2D eigenvalue weighted by Gasteiger charge is -2.11. The number of fused-ring (bicyclic) bond motifs is 3. The molecule has 2 aliphatic rings. The Labute approximate surface area is 145 Å². The van der Waals surface area contributed by atoms with Gasteiger partial charge in [0.05, 0.1) is 6.61 Å². The van der Waals surface area contributed by atoms with E-state index in [0.717, 1.165) is 17.5 Å². The largest absolute Gasteiger partial charge is 0.488 e. The maximum atomic E-state index is 14.5. The van der Waals surface area contributed by atoms with Crippen LogP contribution in [0.5, 0.6) is 5.75 Å². The van der Waals surface area contributed by atoms with Crippen molar-refractivity contribution in [1.82, 2.24) is 0 Å². The number of hydrogen-bond acceptors (Lipinski definition) is 2. The van der Waals surface area contributed by atoms with Crippen LogP contribution < -0.4 is 4.74 Å². The molecule has 0 amide bonds. The molecule has 1 saturated heterocycles. The number of halogens is 1. The van der Waals surface area contributed by atoms with Gasteiger partial charge in [-0.05, 0) is 51.9 Å². The summed E-state index contributed by atoms with van der Waals surface area (Å²) in [6.07, 6.45) is 1.01. The van der Waals surface area contributed by atoms with Gasteiger partial charge in [-0.1, -0.05) is 48.5 Å². The van der Waals surface area contributed by atoms with Gasteiger partial charge in [0.1, 0.15) is 12.7 Å². The molecular formula is C22H17FO2. The molecule has 3 aromatic rings. The Morgan fingerprint density at radius 3 is 2.60 bits per heavy atom. The Bertz CT molecular complexity index is 960. The summed E-state index contributed by atoms with van der Waals surface area (Å²) in [6, 6.07) is 19.9. The zero-order valence-electron chi connectivity index (χ0n) is 13.7. The van der Waals surface area contributed by atoms with Crippen molar-refractivity contribution in [2.75, 3.05) is 13.2 Å². The number of rotatable bonds is 4. The quantitative estimate of drug-likeness (QED) is 0.499. The molecule has 1 unspecified atom stereocenters. The predicted molar refractivity (Wildman–Crippen MR) is 95.3 cm³/mol. The van der Waals surface area contributed by atoms with Crippen LogP contribution in [-0.2, 0) is 11.2 Å². The summed E-state index contributed by atoms with van der Waals surface area (Å²) in [7, 11) is 0.